The lowest BCUT2D eigenvalue weighted by Gasteiger charge is -2.32. The fourth-order valence-electron chi connectivity index (χ4n) is 4.39. The van der Waals surface area contributed by atoms with Crippen molar-refractivity contribution in [1.29, 1.82) is 0 Å². The maximum Gasteiger partial charge on any atom is 0.222 e. The number of nitrogens with zero attached hydrogens (tertiary/aromatic N) is 1. The number of hydrogen-bond acceptors (Lipinski definition) is 1. The minimum absolute atomic E-state index is 0.317. The van der Waals surface area contributed by atoms with Crippen molar-refractivity contribution in [3.63, 3.8) is 0 Å². The van der Waals surface area contributed by atoms with Gasteiger partial charge >= 0.3 is 0 Å². The van der Waals surface area contributed by atoms with Crippen molar-refractivity contribution in [2.24, 2.45) is 0 Å². The molecule has 27 heavy (non-hydrogen) atoms. The Balaban J connectivity index is 1.66. The van der Waals surface area contributed by atoms with Gasteiger partial charge in [-0.1, -0.05) is 55.5 Å². The van der Waals surface area contributed by atoms with Gasteiger partial charge in [0.05, 0.1) is 0 Å². The standard InChI is InChI=1S/C24H28N2O/c1-2-9-22(27)26-16-14-18(15-17-26)23-20-12-7-8-13-21(20)25-24(23)19-10-5-3-4-6-11-19/h3-8,10,12-13,18,25H,2,9,11,14-17H2,1H3. The van der Waals surface area contributed by atoms with Crippen LogP contribution in [0.1, 0.15) is 56.2 Å². The van der Waals surface area contributed by atoms with E-state index < -0.39 is 0 Å². The molecule has 3 nitrogen and oxygen atoms in total. The average molecular weight is 361 g/mol. The van der Waals surface area contributed by atoms with Gasteiger partial charge in [-0.3, -0.25) is 4.79 Å². The molecule has 0 bridgehead atoms. The predicted octanol–water partition coefficient (Wildman–Crippen LogP) is 5.57. The molecule has 0 unspecified atom stereocenters. The van der Waals surface area contributed by atoms with Crippen LogP contribution in [0, 0.1) is 0 Å². The number of fused-ring (bicyclic) bond motifs is 1. The molecule has 2 aromatic rings. The topological polar surface area (TPSA) is 36.1 Å². The van der Waals surface area contributed by atoms with E-state index in [1.807, 2.05) is 0 Å². The third-order valence-electron chi connectivity index (χ3n) is 5.78. The van der Waals surface area contributed by atoms with E-state index in [9.17, 15) is 4.79 Å². The fraction of sp³-hybridized carbons (Fsp3) is 0.375. The largest absolute Gasteiger partial charge is 0.355 e. The van der Waals surface area contributed by atoms with Crippen LogP contribution >= 0.6 is 0 Å². The maximum atomic E-state index is 12.3. The summed E-state index contributed by atoms with van der Waals surface area (Å²) in [6, 6.07) is 8.64. The van der Waals surface area contributed by atoms with Gasteiger partial charge in [-0.05, 0) is 48.8 Å². The van der Waals surface area contributed by atoms with Crippen molar-refractivity contribution >= 4 is 22.4 Å². The zero-order chi connectivity index (χ0) is 18.6. The van der Waals surface area contributed by atoms with Crippen LogP contribution in [0.15, 0.2) is 54.6 Å². The molecule has 1 N–H and O–H groups in total. The predicted molar refractivity (Wildman–Crippen MR) is 113 cm³/mol. The van der Waals surface area contributed by atoms with Crippen LogP contribution < -0.4 is 0 Å². The Morgan fingerprint density at radius 3 is 2.78 bits per heavy atom. The Morgan fingerprint density at radius 2 is 1.96 bits per heavy atom. The molecule has 4 rings (SSSR count). The number of likely N-dealkylation sites (tertiary alicyclic amines) is 1. The van der Waals surface area contributed by atoms with E-state index in [1.54, 1.807) is 0 Å². The van der Waals surface area contributed by atoms with Gasteiger partial charge in [-0.15, -0.1) is 0 Å². The quantitative estimate of drug-likeness (QED) is 0.760. The summed E-state index contributed by atoms with van der Waals surface area (Å²) in [7, 11) is 0. The van der Waals surface area contributed by atoms with Crippen LogP contribution in [0.3, 0.4) is 0 Å². The molecule has 1 aliphatic heterocycles. The number of benzene rings is 1. The van der Waals surface area contributed by atoms with E-state index in [0.717, 1.165) is 38.8 Å². The van der Waals surface area contributed by atoms with E-state index in [-0.39, 0.29) is 0 Å². The molecule has 1 saturated heterocycles. The number of piperidine rings is 1. The molecular weight excluding hydrogens is 332 g/mol. The number of rotatable bonds is 4. The van der Waals surface area contributed by atoms with Crippen LogP contribution in [-0.2, 0) is 4.79 Å². The summed E-state index contributed by atoms with van der Waals surface area (Å²) < 4.78 is 0. The molecule has 2 aliphatic rings. The second-order valence-electron chi connectivity index (χ2n) is 7.57. The summed E-state index contributed by atoms with van der Waals surface area (Å²) in [6.45, 7) is 3.83. The zero-order valence-corrected chi connectivity index (χ0v) is 16.1. The number of carbonyl (C=O) groups is 1. The lowest BCUT2D eigenvalue weighted by molar-refractivity contribution is -0.132. The van der Waals surface area contributed by atoms with Crippen LogP contribution in [0.25, 0.3) is 16.5 Å². The smallest absolute Gasteiger partial charge is 0.222 e. The molecule has 2 heterocycles. The molecule has 1 aromatic carbocycles. The van der Waals surface area contributed by atoms with Crippen LogP contribution in [0.5, 0.6) is 0 Å². The van der Waals surface area contributed by atoms with Gasteiger partial charge in [0.15, 0.2) is 0 Å². The first-order chi connectivity index (χ1) is 13.3. The van der Waals surface area contributed by atoms with E-state index >= 15 is 0 Å². The van der Waals surface area contributed by atoms with Gasteiger partial charge in [0, 0.05) is 36.1 Å². The SMILES string of the molecule is CCCC(=O)N1CCC(c2c(C3=CC=CC=CC3)[nH]c3ccccc23)CC1. The number of H-pyrrole nitrogens is 1. The van der Waals surface area contributed by atoms with Crippen molar-refractivity contribution < 1.29 is 4.79 Å². The van der Waals surface area contributed by atoms with Crippen molar-refractivity contribution in [1.82, 2.24) is 9.88 Å². The number of allylic oxidation sites excluding steroid dienone is 6. The fourth-order valence-corrected chi connectivity index (χ4v) is 4.39. The maximum absolute atomic E-state index is 12.3. The monoisotopic (exact) mass is 360 g/mol. The lowest BCUT2D eigenvalue weighted by atomic mass is 9.85. The molecule has 140 valence electrons. The second-order valence-corrected chi connectivity index (χ2v) is 7.57. The van der Waals surface area contributed by atoms with Crippen molar-refractivity contribution in [3.05, 3.63) is 65.9 Å². The van der Waals surface area contributed by atoms with Gasteiger partial charge in [0.25, 0.3) is 0 Å². The highest BCUT2D eigenvalue weighted by atomic mass is 16.2. The normalized spacial score (nSPS) is 18.0. The van der Waals surface area contributed by atoms with Crippen LogP contribution in [-0.4, -0.2) is 28.9 Å². The first-order valence-corrected chi connectivity index (χ1v) is 10.2. The average Bonchev–Trinajstić information content (AvgIpc) is 2.87. The van der Waals surface area contributed by atoms with Crippen molar-refractivity contribution in [2.75, 3.05) is 13.1 Å². The Labute approximate surface area is 161 Å². The number of aromatic nitrogens is 1. The minimum Gasteiger partial charge on any atom is -0.355 e. The van der Waals surface area contributed by atoms with Gasteiger partial charge in [-0.2, -0.15) is 0 Å². The molecule has 1 fully saturated rings. The number of amides is 1. The highest BCUT2D eigenvalue weighted by molar-refractivity contribution is 5.90. The first kappa shape index (κ1) is 17.8. The summed E-state index contributed by atoms with van der Waals surface area (Å²) in [5, 5.41) is 1.34. The molecule has 3 heteroatoms. The number of nitrogens with one attached hydrogen (secondary N) is 1. The molecule has 0 saturated carbocycles. The zero-order valence-electron chi connectivity index (χ0n) is 16.1. The highest BCUT2D eigenvalue weighted by Crippen LogP contribution is 2.39. The molecule has 1 aliphatic carbocycles. The second kappa shape index (κ2) is 7.99. The third-order valence-corrected chi connectivity index (χ3v) is 5.78. The van der Waals surface area contributed by atoms with E-state index in [4.69, 9.17) is 0 Å². The molecule has 0 atom stereocenters. The van der Waals surface area contributed by atoms with Gasteiger partial charge in [0.1, 0.15) is 0 Å². The first-order valence-electron chi connectivity index (χ1n) is 10.2. The minimum atomic E-state index is 0.317. The number of carbonyl (C=O) groups excluding carboxylic acids is 1. The number of para-hydroxylation sites is 1. The Morgan fingerprint density at radius 1 is 1.15 bits per heavy atom. The third kappa shape index (κ3) is 3.64. The summed E-state index contributed by atoms with van der Waals surface area (Å²) in [6.07, 6.45) is 15.4. The Kier molecular flexibility index (Phi) is 5.28. The van der Waals surface area contributed by atoms with Crippen molar-refractivity contribution in [3.8, 4) is 0 Å². The van der Waals surface area contributed by atoms with E-state index in [0.29, 0.717) is 18.2 Å². The van der Waals surface area contributed by atoms with Crippen LogP contribution in [0.2, 0.25) is 0 Å². The highest BCUT2D eigenvalue weighted by Gasteiger charge is 2.28. The summed E-state index contributed by atoms with van der Waals surface area (Å²) >= 11 is 0. The molecule has 0 spiro atoms. The summed E-state index contributed by atoms with van der Waals surface area (Å²) in [5.74, 6) is 0.816. The van der Waals surface area contributed by atoms with Gasteiger partial charge in [0.2, 0.25) is 5.91 Å². The molecule has 0 radical (unpaired) electrons. The number of aromatic amines is 1. The summed E-state index contributed by atoms with van der Waals surface area (Å²) in [5.41, 5.74) is 5.29. The van der Waals surface area contributed by atoms with Gasteiger partial charge < -0.3 is 9.88 Å². The molecule has 1 aromatic heterocycles. The van der Waals surface area contributed by atoms with E-state index in [1.165, 1.54) is 27.7 Å². The lowest BCUT2D eigenvalue weighted by Crippen LogP contribution is -2.37. The summed E-state index contributed by atoms with van der Waals surface area (Å²) in [4.78, 5) is 18.0. The Bertz CT molecular complexity index is 908. The van der Waals surface area contributed by atoms with Gasteiger partial charge in [-0.25, -0.2) is 0 Å². The Hall–Kier alpha value is -2.55. The number of hydrogen-bond donors (Lipinski definition) is 1. The molecular formula is C24H28N2O. The van der Waals surface area contributed by atoms with Crippen LogP contribution in [0.4, 0.5) is 0 Å². The van der Waals surface area contributed by atoms with Crippen molar-refractivity contribution in [2.45, 2.75) is 44.9 Å². The molecule has 1 amide bonds. The van der Waals surface area contributed by atoms with E-state index in [2.05, 4.69) is 71.5 Å².